The van der Waals surface area contributed by atoms with Gasteiger partial charge in [-0.05, 0) is 31.1 Å². The number of benzene rings is 1. The molecule has 0 saturated heterocycles. The molecule has 0 aliphatic heterocycles. The lowest BCUT2D eigenvalue weighted by atomic mass is 9.83. The summed E-state index contributed by atoms with van der Waals surface area (Å²) in [5, 5.41) is 9.44. The minimum atomic E-state index is -1.36. The van der Waals surface area contributed by atoms with E-state index in [0.717, 1.165) is 38.5 Å². The fourth-order valence-corrected chi connectivity index (χ4v) is 4.85. The number of unbranched alkanes of at least 4 members (excludes halogenated alkanes) is 12. The number of aliphatic carboxylic acids is 1. The van der Waals surface area contributed by atoms with Crippen molar-refractivity contribution in [1.29, 1.82) is 0 Å². The van der Waals surface area contributed by atoms with E-state index in [-0.39, 0.29) is 12.4 Å². The van der Waals surface area contributed by atoms with E-state index in [4.69, 9.17) is 9.47 Å². The Morgan fingerprint density at radius 2 is 1.31 bits per heavy atom. The number of carbonyl (C=O) groups excluding carboxylic acids is 2. The summed E-state index contributed by atoms with van der Waals surface area (Å²) in [4.78, 5) is 37.6. The summed E-state index contributed by atoms with van der Waals surface area (Å²) in [7, 11) is 0. The van der Waals surface area contributed by atoms with Gasteiger partial charge in [-0.1, -0.05) is 121 Å². The Morgan fingerprint density at radius 1 is 0.769 bits per heavy atom. The number of hydrogen-bond acceptors (Lipinski definition) is 5. The molecule has 0 aromatic heterocycles. The van der Waals surface area contributed by atoms with Crippen LogP contribution in [0.3, 0.4) is 0 Å². The van der Waals surface area contributed by atoms with Gasteiger partial charge in [0.15, 0.2) is 5.60 Å². The van der Waals surface area contributed by atoms with E-state index in [9.17, 15) is 19.5 Å². The molecule has 1 aromatic rings. The molecule has 0 bridgehead atoms. The molecule has 0 atom stereocenters. The van der Waals surface area contributed by atoms with Crippen molar-refractivity contribution in [2.24, 2.45) is 5.92 Å². The van der Waals surface area contributed by atoms with Crippen LogP contribution in [-0.4, -0.2) is 29.6 Å². The van der Waals surface area contributed by atoms with E-state index >= 15 is 0 Å². The molecule has 0 heterocycles. The topological polar surface area (TPSA) is 89.9 Å². The molecule has 0 unspecified atom stereocenters. The van der Waals surface area contributed by atoms with Gasteiger partial charge in [0.1, 0.15) is 0 Å². The molecular weight excluding hydrogens is 492 g/mol. The average Bonchev–Trinajstić information content (AvgIpc) is 2.94. The van der Waals surface area contributed by atoms with Crippen LogP contribution >= 0.6 is 0 Å². The third kappa shape index (κ3) is 11.4. The first-order chi connectivity index (χ1) is 18.9. The Labute approximate surface area is 234 Å². The Morgan fingerprint density at radius 3 is 1.90 bits per heavy atom. The molecule has 1 aromatic carbocycles. The van der Waals surface area contributed by atoms with Crippen molar-refractivity contribution >= 4 is 17.9 Å². The smallest absolute Gasteiger partial charge is 0.338 e. The second-order valence-corrected chi connectivity index (χ2v) is 10.5. The minimum absolute atomic E-state index is 0.268. The largest absolute Gasteiger partial charge is 0.481 e. The molecule has 1 N–H and O–H groups in total. The number of carboxylic acid groups (broad SMARTS) is 1. The number of hydrogen-bond donors (Lipinski definition) is 1. The summed E-state index contributed by atoms with van der Waals surface area (Å²) in [6.07, 6.45) is 21.9. The number of carboxylic acids is 1. The summed E-state index contributed by atoms with van der Waals surface area (Å²) in [6.45, 7) is 4.72. The van der Waals surface area contributed by atoms with Gasteiger partial charge < -0.3 is 14.6 Å². The fraction of sp³-hybridized carbons (Fsp3) is 0.606. The Hall–Kier alpha value is -2.89. The average molecular weight is 541 g/mol. The van der Waals surface area contributed by atoms with E-state index < -0.39 is 23.5 Å². The first-order valence-electron chi connectivity index (χ1n) is 15.0. The van der Waals surface area contributed by atoms with E-state index in [0.29, 0.717) is 17.7 Å². The lowest BCUT2D eigenvalue weighted by molar-refractivity contribution is -0.152. The minimum Gasteiger partial charge on any atom is -0.481 e. The van der Waals surface area contributed by atoms with Crippen molar-refractivity contribution in [2.45, 2.75) is 116 Å². The van der Waals surface area contributed by atoms with Gasteiger partial charge in [-0.3, -0.25) is 9.59 Å². The van der Waals surface area contributed by atoms with Crippen LogP contribution in [0.1, 0.15) is 126 Å². The number of rotatable bonds is 20. The molecule has 0 saturated carbocycles. The van der Waals surface area contributed by atoms with Gasteiger partial charge in [0.25, 0.3) is 0 Å². The monoisotopic (exact) mass is 540 g/mol. The number of esters is 2. The third-order valence-corrected chi connectivity index (χ3v) is 7.20. The standard InChI is InChI=1S/C33H48O6/c1-3-5-7-9-11-13-15-21-30(34)39-33(24-22-27(23-25-33)31(35)36)29-20-17-16-19-28(29)32(37)38-26-18-14-12-10-8-6-4-2/h16-17,19-20,22-25,27H,3-15,18,21,26H2,1-2H3,(H,35,36). The van der Waals surface area contributed by atoms with Crippen LogP contribution in [0.5, 0.6) is 0 Å². The highest BCUT2D eigenvalue weighted by molar-refractivity contribution is 5.92. The maximum Gasteiger partial charge on any atom is 0.338 e. The van der Waals surface area contributed by atoms with Crippen molar-refractivity contribution in [3.63, 3.8) is 0 Å². The van der Waals surface area contributed by atoms with Crippen molar-refractivity contribution < 1.29 is 29.0 Å². The van der Waals surface area contributed by atoms with Gasteiger partial charge >= 0.3 is 17.9 Å². The van der Waals surface area contributed by atoms with Gasteiger partial charge in [0, 0.05) is 12.0 Å². The summed E-state index contributed by atoms with van der Waals surface area (Å²) < 4.78 is 11.6. The summed E-state index contributed by atoms with van der Waals surface area (Å²) in [5.41, 5.74) is -0.579. The molecule has 39 heavy (non-hydrogen) atoms. The predicted octanol–water partition coefficient (Wildman–Crippen LogP) is 8.30. The Balaban J connectivity index is 2.06. The molecule has 1 aliphatic carbocycles. The molecule has 216 valence electrons. The van der Waals surface area contributed by atoms with Crippen LogP contribution in [0.4, 0.5) is 0 Å². The molecule has 1 aliphatic rings. The van der Waals surface area contributed by atoms with Crippen molar-refractivity contribution in [2.75, 3.05) is 6.61 Å². The van der Waals surface area contributed by atoms with E-state index in [1.165, 1.54) is 63.5 Å². The maximum atomic E-state index is 13.1. The van der Waals surface area contributed by atoms with Gasteiger partial charge in [0.2, 0.25) is 0 Å². The van der Waals surface area contributed by atoms with E-state index in [2.05, 4.69) is 13.8 Å². The van der Waals surface area contributed by atoms with Crippen LogP contribution in [-0.2, 0) is 24.7 Å². The van der Waals surface area contributed by atoms with Crippen LogP contribution in [0.25, 0.3) is 0 Å². The second-order valence-electron chi connectivity index (χ2n) is 10.5. The highest BCUT2D eigenvalue weighted by atomic mass is 16.6. The number of carbonyl (C=O) groups is 3. The second kappa shape index (κ2) is 18.4. The zero-order chi connectivity index (χ0) is 28.3. The van der Waals surface area contributed by atoms with Crippen LogP contribution in [0.15, 0.2) is 48.6 Å². The highest BCUT2D eigenvalue weighted by Crippen LogP contribution is 2.36. The van der Waals surface area contributed by atoms with Crippen molar-refractivity contribution in [1.82, 2.24) is 0 Å². The van der Waals surface area contributed by atoms with Crippen molar-refractivity contribution in [3.8, 4) is 0 Å². The first kappa shape index (κ1) is 32.3. The van der Waals surface area contributed by atoms with E-state index in [1.807, 2.05) is 0 Å². The number of ether oxygens (including phenoxy) is 2. The van der Waals surface area contributed by atoms with Crippen LogP contribution in [0, 0.1) is 5.92 Å². The Kier molecular flexibility index (Phi) is 15.3. The molecule has 0 fully saturated rings. The first-order valence-corrected chi connectivity index (χ1v) is 15.0. The zero-order valence-electron chi connectivity index (χ0n) is 24.0. The highest BCUT2D eigenvalue weighted by Gasteiger charge is 2.37. The summed E-state index contributed by atoms with van der Waals surface area (Å²) in [5.74, 6) is -2.66. The molecule has 0 spiro atoms. The lowest BCUT2D eigenvalue weighted by Gasteiger charge is -2.32. The van der Waals surface area contributed by atoms with Crippen molar-refractivity contribution in [3.05, 3.63) is 59.7 Å². The molecule has 6 heteroatoms. The molecule has 0 amide bonds. The predicted molar refractivity (Wildman–Crippen MR) is 155 cm³/mol. The molecule has 0 radical (unpaired) electrons. The SMILES string of the molecule is CCCCCCCCCOC(=O)c1ccccc1C1(OC(=O)CCCCCCCCC)C=CC(C(=O)O)C=C1. The zero-order valence-corrected chi connectivity index (χ0v) is 24.0. The lowest BCUT2D eigenvalue weighted by Crippen LogP contribution is -2.33. The molecule has 2 rings (SSSR count). The fourth-order valence-electron chi connectivity index (χ4n) is 4.85. The van der Waals surface area contributed by atoms with Crippen LogP contribution < -0.4 is 0 Å². The van der Waals surface area contributed by atoms with Gasteiger partial charge in [0.05, 0.1) is 18.1 Å². The van der Waals surface area contributed by atoms with Gasteiger partial charge in [-0.25, -0.2) is 4.79 Å². The van der Waals surface area contributed by atoms with E-state index in [1.54, 1.807) is 36.4 Å². The summed E-state index contributed by atoms with van der Waals surface area (Å²) in [6, 6.07) is 6.93. The van der Waals surface area contributed by atoms with Gasteiger partial charge in [-0.15, -0.1) is 0 Å². The normalized spacial score (nSPS) is 18.2. The maximum absolute atomic E-state index is 13.1. The third-order valence-electron chi connectivity index (χ3n) is 7.20. The quantitative estimate of drug-likeness (QED) is 0.102. The Bertz CT molecular complexity index is 933. The molecule has 6 nitrogen and oxygen atoms in total. The molecular formula is C33H48O6. The van der Waals surface area contributed by atoms with Gasteiger partial charge in [-0.2, -0.15) is 0 Å². The summed E-state index contributed by atoms with van der Waals surface area (Å²) >= 11 is 0. The van der Waals surface area contributed by atoms with Crippen LogP contribution in [0.2, 0.25) is 0 Å².